The molecule has 1 aromatic carbocycles. The third kappa shape index (κ3) is 4.11. The zero-order valence-electron chi connectivity index (χ0n) is 10.3. The minimum Gasteiger partial charge on any atom is -0.392 e. The molecule has 3 nitrogen and oxygen atoms in total. The van der Waals surface area contributed by atoms with Crippen molar-refractivity contribution in [3.63, 3.8) is 0 Å². The lowest BCUT2D eigenvalue weighted by Gasteiger charge is -2.22. The van der Waals surface area contributed by atoms with Gasteiger partial charge >= 0.3 is 0 Å². The van der Waals surface area contributed by atoms with E-state index in [0.717, 1.165) is 37.7 Å². The van der Waals surface area contributed by atoms with Gasteiger partial charge in [-0.3, -0.25) is 0 Å². The van der Waals surface area contributed by atoms with Gasteiger partial charge in [0.15, 0.2) is 0 Å². The molecular weight excluding hydrogens is 212 g/mol. The normalized spacial score (nSPS) is 17.2. The Bertz CT molecular complexity index is 317. The van der Waals surface area contributed by atoms with Gasteiger partial charge in [0, 0.05) is 6.54 Å². The Hall–Kier alpha value is -0.900. The van der Waals surface area contributed by atoms with Gasteiger partial charge in [-0.2, -0.15) is 0 Å². The van der Waals surface area contributed by atoms with Crippen LogP contribution in [0.25, 0.3) is 0 Å². The summed E-state index contributed by atoms with van der Waals surface area (Å²) in [6.07, 6.45) is 2.58. The second kappa shape index (κ2) is 6.74. The molecule has 0 aliphatic carbocycles. The van der Waals surface area contributed by atoms with Crippen LogP contribution in [0.1, 0.15) is 24.0 Å². The summed E-state index contributed by atoms with van der Waals surface area (Å²) in [5, 5.41) is 15.9. The van der Waals surface area contributed by atoms with Crippen molar-refractivity contribution in [2.45, 2.75) is 26.0 Å². The minimum atomic E-state index is 0.128. The molecule has 1 aliphatic rings. The number of rotatable bonds is 5. The van der Waals surface area contributed by atoms with Crippen molar-refractivity contribution in [3.05, 3.63) is 35.4 Å². The summed E-state index contributed by atoms with van der Waals surface area (Å²) in [6, 6.07) is 8.14. The molecular formula is C14H22N2O. The van der Waals surface area contributed by atoms with Crippen LogP contribution in [-0.2, 0) is 13.2 Å². The van der Waals surface area contributed by atoms with E-state index in [4.69, 9.17) is 5.11 Å². The van der Waals surface area contributed by atoms with Crippen LogP contribution in [0.5, 0.6) is 0 Å². The summed E-state index contributed by atoms with van der Waals surface area (Å²) < 4.78 is 0. The van der Waals surface area contributed by atoms with Crippen LogP contribution < -0.4 is 10.6 Å². The van der Waals surface area contributed by atoms with E-state index < -0.39 is 0 Å². The Kier molecular flexibility index (Phi) is 4.98. The second-order valence-electron chi connectivity index (χ2n) is 4.80. The lowest BCUT2D eigenvalue weighted by atomic mass is 9.98. The Morgan fingerprint density at radius 1 is 1.12 bits per heavy atom. The van der Waals surface area contributed by atoms with E-state index >= 15 is 0 Å². The SMILES string of the molecule is OCc1ccc(CNCC2CCNCC2)cc1. The van der Waals surface area contributed by atoms with Gasteiger partial charge in [-0.25, -0.2) is 0 Å². The van der Waals surface area contributed by atoms with Crippen LogP contribution in [0.3, 0.4) is 0 Å². The van der Waals surface area contributed by atoms with Gasteiger partial charge in [0.2, 0.25) is 0 Å². The Morgan fingerprint density at radius 2 is 1.76 bits per heavy atom. The highest BCUT2D eigenvalue weighted by molar-refractivity contribution is 5.21. The van der Waals surface area contributed by atoms with Crippen LogP contribution in [0.4, 0.5) is 0 Å². The minimum absolute atomic E-state index is 0.128. The Morgan fingerprint density at radius 3 is 2.41 bits per heavy atom. The average molecular weight is 234 g/mol. The Labute approximate surface area is 103 Å². The molecule has 0 radical (unpaired) electrons. The second-order valence-corrected chi connectivity index (χ2v) is 4.80. The molecule has 2 rings (SSSR count). The topological polar surface area (TPSA) is 44.3 Å². The van der Waals surface area contributed by atoms with E-state index in [1.54, 1.807) is 0 Å². The molecule has 0 saturated carbocycles. The van der Waals surface area contributed by atoms with Crippen LogP contribution in [0.15, 0.2) is 24.3 Å². The Balaban J connectivity index is 1.69. The van der Waals surface area contributed by atoms with Crippen LogP contribution in [0, 0.1) is 5.92 Å². The van der Waals surface area contributed by atoms with Crippen molar-refractivity contribution >= 4 is 0 Å². The van der Waals surface area contributed by atoms with Crippen molar-refractivity contribution < 1.29 is 5.11 Å². The first-order valence-corrected chi connectivity index (χ1v) is 6.48. The van der Waals surface area contributed by atoms with Crippen molar-refractivity contribution in [3.8, 4) is 0 Å². The predicted molar refractivity (Wildman–Crippen MR) is 69.7 cm³/mol. The molecule has 1 saturated heterocycles. The molecule has 1 aromatic rings. The predicted octanol–water partition coefficient (Wildman–Crippen LogP) is 1.27. The number of hydrogen-bond donors (Lipinski definition) is 3. The summed E-state index contributed by atoms with van der Waals surface area (Å²) in [5.74, 6) is 0.827. The molecule has 0 bridgehead atoms. The number of benzene rings is 1. The third-order valence-corrected chi connectivity index (χ3v) is 3.43. The van der Waals surface area contributed by atoms with E-state index in [0.29, 0.717) is 0 Å². The highest BCUT2D eigenvalue weighted by Gasteiger charge is 2.11. The van der Waals surface area contributed by atoms with E-state index in [2.05, 4.69) is 22.8 Å². The van der Waals surface area contributed by atoms with Gasteiger partial charge in [0.05, 0.1) is 6.61 Å². The highest BCUT2D eigenvalue weighted by Crippen LogP contribution is 2.10. The van der Waals surface area contributed by atoms with Gasteiger partial charge in [0.1, 0.15) is 0 Å². The lowest BCUT2D eigenvalue weighted by molar-refractivity contribution is 0.282. The van der Waals surface area contributed by atoms with E-state index in [9.17, 15) is 0 Å². The van der Waals surface area contributed by atoms with E-state index in [1.165, 1.54) is 18.4 Å². The number of piperidine rings is 1. The summed E-state index contributed by atoms with van der Waals surface area (Å²) in [5.41, 5.74) is 2.27. The molecule has 0 unspecified atom stereocenters. The van der Waals surface area contributed by atoms with Gasteiger partial charge < -0.3 is 15.7 Å². The van der Waals surface area contributed by atoms with Crippen molar-refractivity contribution in [1.82, 2.24) is 10.6 Å². The first-order valence-electron chi connectivity index (χ1n) is 6.48. The molecule has 17 heavy (non-hydrogen) atoms. The number of nitrogens with one attached hydrogen (secondary N) is 2. The first kappa shape index (κ1) is 12.6. The molecule has 1 fully saturated rings. The van der Waals surface area contributed by atoms with E-state index in [1.807, 2.05) is 12.1 Å². The monoisotopic (exact) mass is 234 g/mol. The molecule has 0 atom stereocenters. The fraction of sp³-hybridized carbons (Fsp3) is 0.571. The number of aliphatic hydroxyl groups excluding tert-OH is 1. The van der Waals surface area contributed by atoms with Crippen molar-refractivity contribution in [2.24, 2.45) is 5.92 Å². The molecule has 1 heterocycles. The fourth-order valence-corrected chi connectivity index (χ4v) is 2.27. The average Bonchev–Trinajstić information content (AvgIpc) is 2.41. The molecule has 94 valence electrons. The van der Waals surface area contributed by atoms with Gasteiger partial charge in [-0.15, -0.1) is 0 Å². The first-order chi connectivity index (χ1) is 8.38. The van der Waals surface area contributed by atoms with Crippen molar-refractivity contribution in [2.75, 3.05) is 19.6 Å². The smallest absolute Gasteiger partial charge is 0.0681 e. The van der Waals surface area contributed by atoms with E-state index in [-0.39, 0.29) is 6.61 Å². The molecule has 0 spiro atoms. The molecule has 1 aliphatic heterocycles. The maximum absolute atomic E-state index is 8.95. The quantitative estimate of drug-likeness (QED) is 0.719. The zero-order chi connectivity index (χ0) is 11.9. The van der Waals surface area contributed by atoms with Gasteiger partial charge in [-0.1, -0.05) is 24.3 Å². The highest BCUT2D eigenvalue weighted by atomic mass is 16.3. The lowest BCUT2D eigenvalue weighted by Crippen LogP contribution is -2.33. The number of hydrogen-bond acceptors (Lipinski definition) is 3. The summed E-state index contributed by atoms with van der Waals surface area (Å²) in [7, 11) is 0. The van der Waals surface area contributed by atoms with Gasteiger partial charge in [-0.05, 0) is 49.5 Å². The third-order valence-electron chi connectivity index (χ3n) is 3.43. The summed E-state index contributed by atoms with van der Waals surface area (Å²) >= 11 is 0. The molecule has 3 heteroatoms. The largest absolute Gasteiger partial charge is 0.392 e. The molecule has 3 N–H and O–H groups in total. The number of aliphatic hydroxyl groups is 1. The standard InChI is InChI=1S/C14H22N2O/c17-11-14-3-1-12(2-4-14)9-16-10-13-5-7-15-8-6-13/h1-4,13,15-17H,5-11H2. The maximum atomic E-state index is 8.95. The molecule has 0 amide bonds. The van der Waals surface area contributed by atoms with Crippen LogP contribution in [0.2, 0.25) is 0 Å². The fourth-order valence-electron chi connectivity index (χ4n) is 2.27. The van der Waals surface area contributed by atoms with Gasteiger partial charge in [0.25, 0.3) is 0 Å². The van der Waals surface area contributed by atoms with Crippen LogP contribution in [-0.4, -0.2) is 24.7 Å². The van der Waals surface area contributed by atoms with Crippen LogP contribution >= 0.6 is 0 Å². The zero-order valence-corrected chi connectivity index (χ0v) is 10.3. The summed E-state index contributed by atoms with van der Waals surface area (Å²) in [6.45, 7) is 4.50. The van der Waals surface area contributed by atoms with Crippen molar-refractivity contribution in [1.29, 1.82) is 0 Å². The summed E-state index contributed by atoms with van der Waals surface area (Å²) in [4.78, 5) is 0. The maximum Gasteiger partial charge on any atom is 0.0681 e. The molecule has 0 aromatic heterocycles.